The molecule has 1 aliphatic heterocycles. The molecule has 1 N–H and O–H groups in total. The van der Waals surface area contributed by atoms with Crippen LogP contribution in [0.4, 0.5) is 11.5 Å². The highest BCUT2D eigenvalue weighted by Gasteiger charge is 2.23. The van der Waals surface area contributed by atoms with E-state index in [0.29, 0.717) is 5.69 Å². The van der Waals surface area contributed by atoms with Gasteiger partial charge in [0.2, 0.25) is 6.67 Å². The molecule has 2 heterocycles. The lowest BCUT2D eigenvalue weighted by Gasteiger charge is -2.23. The van der Waals surface area contributed by atoms with Gasteiger partial charge in [0, 0.05) is 18.6 Å². The highest BCUT2D eigenvalue weighted by Crippen LogP contribution is 2.36. The van der Waals surface area contributed by atoms with Gasteiger partial charge in [0.15, 0.2) is 0 Å². The molecular weight excluding hydrogens is 274 g/mol. The smallest absolute Gasteiger partial charge is 0.219 e. The van der Waals surface area contributed by atoms with Gasteiger partial charge in [-0.15, -0.1) is 0 Å². The zero-order valence-electron chi connectivity index (χ0n) is 13.0. The maximum absolute atomic E-state index is 10.2. The van der Waals surface area contributed by atoms with Crippen molar-refractivity contribution in [3.05, 3.63) is 67.2 Å². The number of aromatic nitrogens is 1. The van der Waals surface area contributed by atoms with E-state index in [1.807, 2.05) is 42.7 Å². The molecule has 22 heavy (non-hydrogen) atoms. The monoisotopic (exact) mass is 293 g/mol. The SMILES string of the molecule is CC(C)(C)c1ccc(O)c(N2[C]N(c3ccccn3)C=C2)c1. The highest BCUT2D eigenvalue weighted by molar-refractivity contribution is 5.67. The summed E-state index contributed by atoms with van der Waals surface area (Å²) in [6, 6.07) is 11.4. The van der Waals surface area contributed by atoms with E-state index in [1.165, 1.54) is 0 Å². The molecule has 0 saturated heterocycles. The van der Waals surface area contributed by atoms with Gasteiger partial charge >= 0.3 is 0 Å². The van der Waals surface area contributed by atoms with Crippen LogP contribution in [-0.2, 0) is 5.41 Å². The summed E-state index contributed by atoms with van der Waals surface area (Å²) in [7, 11) is 0. The van der Waals surface area contributed by atoms with Gasteiger partial charge in [0.05, 0.1) is 5.69 Å². The number of pyridine rings is 1. The quantitative estimate of drug-likeness (QED) is 0.912. The molecule has 0 atom stereocenters. The lowest BCUT2D eigenvalue weighted by atomic mass is 9.86. The summed E-state index contributed by atoms with van der Waals surface area (Å²) < 4.78 is 0. The number of nitrogens with zero attached hydrogens (tertiary/aromatic N) is 3. The van der Waals surface area contributed by atoms with Crippen LogP contribution in [0, 0.1) is 6.67 Å². The number of anilines is 2. The summed E-state index contributed by atoms with van der Waals surface area (Å²) in [5, 5.41) is 10.2. The van der Waals surface area contributed by atoms with E-state index in [0.717, 1.165) is 11.4 Å². The molecule has 1 aromatic heterocycles. The average Bonchev–Trinajstić information content (AvgIpc) is 2.97. The van der Waals surface area contributed by atoms with Crippen molar-refractivity contribution < 1.29 is 5.11 Å². The molecule has 2 aromatic rings. The summed E-state index contributed by atoms with van der Waals surface area (Å²) in [5.74, 6) is 1.01. The maximum atomic E-state index is 10.2. The van der Waals surface area contributed by atoms with E-state index in [9.17, 15) is 5.11 Å². The van der Waals surface area contributed by atoms with Crippen LogP contribution in [0.2, 0.25) is 0 Å². The fourth-order valence-corrected chi connectivity index (χ4v) is 2.26. The molecule has 4 heteroatoms. The second kappa shape index (κ2) is 5.37. The van der Waals surface area contributed by atoms with Crippen LogP contribution >= 0.6 is 0 Å². The Kier molecular flexibility index (Phi) is 3.53. The minimum Gasteiger partial charge on any atom is -0.506 e. The molecule has 3 rings (SSSR count). The molecule has 0 fully saturated rings. The lowest BCUT2D eigenvalue weighted by Crippen LogP contribution is -2.19. The Balaban J connectivity index is 1.86. The number of aromatic hydroxyl groups is 1. The van der Waals surface area contributed by atoms with Gasteiger partial charge in [0.25, 0.3) is 0 Å². The van der Waals surface area contributed by atoms with Crippen LogP contribution in [-0.4, -0.2) is 10.1 Å². The van der Waals surface area contributed by atoms with Crippen molar-refractivity contribution in [1.29, 1.82) is 0 Å². The van der Waals surface area contributed by atoms with Crippen LogP contribution < -0.4 is 9.80 Å². The second-order valence-corrected chi connectivity index (χ2v) is 6.28. The topological polar surface area (TPSA) is 39.6 Å². The standard InChI is InChI=1S/C18H19N3O/c1-18(2,3)14-7-8-16(22)15(12-14)20-10-11-21(13-20)17-6-4-5-9-19-17/h4-12,22H,1-3H3. The first-order chi connectivity index (χ1) is 10.4. The van der Waals surface area contributed by atoms with Crippen LogP contribution in [0.15, 0.2) is 55.0 Å². The Morgan fingerprint density at radius 3 is 2.50 bits per heavy atom. The van der Waals surface area contributed by atoms with Crippen LogP contribution in [0.25, 0.3) is 0 Å². The van der Waals surface area contributed by atoms with Crippen molar-refractivity contribution in [2.24, 2.45) is 0 Å². The molecule has 2 radical (unpaired) electrons. The fourth-order valence-electron chi connectivity index (χ4n) is 2.26. The third kappa shape index (κ3) is 2.77. The maximum Gasteiger partial charge on any atom is 0.219 e. The lowest BCUT2D eigenvalue weighted by molar-refractivity contribution is 0.475. The zero-order chi connectivity index (χ0) is 15.7. The largest absolute Gasteiger partial charge is 0.506 e. The first-order valence-electron chi connectivity index (χ1n) is 7.23. The minimum atomic E-state index is 0.0204. The van der Waals surface area contributed by atoms with Gasteiger partial charge in [-0.25, -0.2) is 4.98 Å². The third-order valence-electron chi connectivity index (χ3n) is 3.58. The Morgan fingerprint density at radius 2 is 1.82 bits per heavy atom. The first-order valence-corrected chi connectivity index (χ1v) is 7.23. The van der Waals surface area contributed by atoms with E-state index in [2.05, 4.69) is 32.4 Å². The molecule has 1 aliphatic rings. The van der Waals surface area contributed by atoms with E-state index in [4.69, 9.17) is 0 Å². The van der Waals surface area contributed by atoms with Crippen LogP contribution in [0.1, 0.15) is 26.3 Å². The predicted molar refractivity (Wildman–Crippen MR) is 88.4 cm³/mol. The number of rotatable bonds is 2. The molecule has 112 valence electrons. The van der Waals surface area contributed by atoms with Crippen LogP contribution in [0.3, 0.4) is 0 Å². The Labute approximate surface area is 131 Å². The normalized spacial score (nSPS) is 14.7. The van der Waals surface area contributed by atoms with Crippen molar-refractivity contribution in [2.75, 3.05) is 9.80 Å². The molecule has 1 aromatic carbocycles. The van der Waals surface area contributed by atoms with Crippen molar-refractivity contribution in [2.45, 2.75) is 26.2 Å². The summed E-state index contributed by atoms with van der Waals surface area (Å²) in [6.45, 7) is 9.62. The average molecular weight is 293 g/mol. The van der Waals surface area contributed by atoms with Crippen molar-refractivity contribution in [1.82, 2.24) is 4.98 Å². The van der Waals surface area contributed by atoms with Gasteiger partial charge in [0.1, 0.15) is 11.6 Å². The van der Waals surface area contributed by atoms with Crippen molar-refractivity contribution in [3.63, 3.8) is 0 Å². The van der Waals surface area contributed by atoms with Gasteiger partial charge in [-0.05, 0) is 35.2 Å². The number of phenols is 1. The highest BCUT2D eigenvalue weighted by atomic mass is 16.3. The summed E-state index contributed by atoms with van der Waals surface area (Å²) in [4.78, 5) is 7.86. The van der Waals surface area contributed by atoms with Gasteiger partial charge < -0.3 is 10.0 Å². The van der Waals surface area contributed by atoms with E-state index >= 15 is 0 Å². The number of phenolic OH excluding ortho intramolecular Hbond substituents is 1. The summed E-state index contributed by atoms with van der Waals surface area (Å²) >= 11 is 0. The van der Waals surface area contributed by atoms with Gasteiger partial charge in [-0.1, -0.05) is 32.9 Å². The molecule has 0 aliphatic carbocycles. The minimum absolute atomic E-state index is 0.0204. The molecule has 0 bridgehead atoms. The first kappa shape index (κ1) is 14.4. The van der Waals surface area contributed by atoms with Crippen molar-refractivity contribution >= 4 is 11.5 Å². The number of hydrogen-bond donors (Lipinski definition) is 1. The van der Waals surface area contributed by atoms with Crippen molar-refractivity contribution in [3.8, 4) is 5.75 Å². The van der Waals surface area contributed by atoms with E-state index < -0.39 is 0 Å². The third-order valence-corrected chi connectivity index (χ3v) is 3.58. The molecular formula is C18H19N3O. The van der Waals surface area contributed by atoms with Gasteiger partial charge in [-0.2, -0.15) is 0 Å². The predicted octanol–water partition coefficient (Wildman–Crippen LogP) is 3.88. The summed E-state index contributed by atoms with van der Waals surface area (Å²) in [6.07, 6.45) is 5.47. The molecule has 0 amide bonds. The number of hydrogen-bond acceptors (Lipinski definition) is 4. The number of benzene rings is 1. The zero-order valence-corrected chi connectivity index (χ0v) is 13.0. The Morgan fingerprint density at radius 1 is 1.05 bits per heavy atom. The Hall–Kier alpha value is -2.49. The molecule has 0 saturated carbocycles. The second-order valence-electron chi connectivity index (χ2n) is 6.28. The molecule has 0 spiro atoms. The molecule has 4 nitrogen and oxygen atoms in total. The van der Waals surface area contributed by atoms with E-state index in [-0.39, 0.29) is 11.2 Å². The van der Waals surface area contributed by atoms with Crippen LogP contribution in [0.5, 0.6) is 5.75 Å². The molecule has 0 unspecified atom stereocenters. The fraction of sp³-hybridized carbons (Fsp3) is 0.222. The van der Waals surface area contributed by atoms with E-state index in [1.54, 1.807) is 22.1 Å². The van der Waals surface area contributed by atoms with Gasteiger partial charge in [-0.3, -0.25) is 4.90 Å². The summed E-state index contributed by atoms with van der Waals surface area (Å²) in [5.41, 5.74) is 1.89. The Bertz CT molecular complexity index is 689.